The van der Waals surface area contributed by atoms with Crippen LogP contribution in [0, 0.1) is 5.82 Å². The van der Waals surface area contributed by atoms with Gasteiger partial charge >= 0.3 is 6.18 Å². The van der Waals surface area contributed by atoms with E-state index in [-0.39, 0.29) is 22.0 Å². The maximum atomic E-state index is 13.4. The Bertz CT molecular complexity index is 1060. The van der Waals surface area contributed by atoms with Crippen LogP contribution < -0.4 is 4.72 Å². The number of benzene rings is 2. The summed E-state index contributed by atoms with van der Waals surface area (Å²) in [5.74, 6) is -1.23. The number of rotatable bonds is 3. The lowest BCUT2D eigenvalue weighted by atomic mass is 10.2. The van der Waals surface area contributed by atoms with Crippen LogP contribution in [0.2, 0.25) is 5.02 Å². The number of halogens is 5. The van der Waals surface area contributed by atoms with Crippen LogP contribution in [0.1, 0.15) is 5.56 Å². The number of sulfonamides is 1. The maximum absolute atomic E-state index is 13.4. The number of imidazole rings is 1. The number of hydrogen-bond acceptors (Lipinski definition) is 3. The Labute approximate surface area is 143 Å². The predicted molar refractivity (Wildman–Crippen MR) is 83.3 cm³/mol. The molecule has 0 atom stereocenters. The molecule has 11 heteroatoms. The van der Waals surface area contributed by atoms with Crippen LogP contribution in [0.15, 0.2) is 41.3 Å². The quantitative estimate of drug-likeness (QED) is 0.656. The molecule has 2 aromatic carbocycles. The van der Waals surface area contributed by atoms with E-state index in [1.165, 1.54) is 0 Å². The third-order valence-corrected chi connectivity index (χ3v) is 4.88. The third-order valence-electron chi connectivity index (χ3n) is 3.24. The van der Waals surface area contributed by atoms with Crippen LogP contribution >= 0.6 is 11.6 Å². The van der Waals surface area contributed by atoms with Crippen LogP contribution in [0.5, 0.6) is 0 Å². The molecular formula is C14H8ClF4N3O2S. The van der Waals surface area contributed by atoms with Crippen molar-refractivity contribution >= 4 is 38.6 Å². The number of aromatic nitrogens is 2. The number of anilines is 1. The van der Waals surface area contributed by atoms with Gasteiger partial charge in [-0.05, 0) is 36.4 Å². The van der Waals surface area contributed by atoms with Gasteiger partial charge in [-0.1, -0.05) is 11.6 Å². The second kappa shape index (κ2) is 5.88. The van der Waals surface area contributed by atoms with E-state index in [9.17, 15) is 26.0 Å². The van der Waals surface area contributed by atoms with Gasteiger partial charge in [-0.2, -0.15) is 13.2 Å². The highest BCUT2D eigenvalue weighted by atomic mass is 35.5. The van der Waals surface area contributed by atoms with Crippen molar-refractivity contribution in [3.63, 3.8) is 0 Å². The van der Waals surface area contributed by atoms with E-state index in [0.717, 1.165) is 36.4 Å². The summed E-state index contributed by atoms with van der Waals surface area (Å²) in [6.07, 6.45) is -4.54. The van der Waals surface area contributed by atoms with Gasteiger partial charge in [0.15, 0.2) is 0 Å². The molecule has 0 bridgehead atoms. The minimum atomic E-state index is -4.54. The zero-order valence-corrected chi connectivity index (χ0v) is 13.6. The molecule has 0 spiro atoms. The summed E-state index contributed by atoms with van der Waals surface area (Å²) in [5.41, 5.74) is -0.777. The fourth-order valence-electron chi connectivity index (χ4n) is 2.06. The average Bonchev–Trinajstić information content (AvgIpc) is 2.89. The number of H-pyrrole nitrogens is 1. The largest absolute Gasteiger partial charge is 0.416 e. The molecule has 0 unspecified atom stereocenters. The number of hydrogen-bond donors (Lipinski definition) is 2. The Balaban J connectivity index is 1.95. The molecule has 132 valence electrons. The van der Waals surface area contributed by atoms with Gasteiger partial charge in [0.1, 0.15) is 5.82 Å². The van der Waals surface area contributed by atoms with E-state index in [1.807, 2.05) is 4.72 Å². The van der Waals surface area contributed by atoms with Crippen molar-refractivity contribution in [2.24, 2.45) is 0 Å². The zero-order valence-electron chi connectivity index (χ0n) is 12.0. The normalized spacial score (nSPS) is 12.5. The summed E-state index contributed by atoms with van der Waals surface area (Å²) in [6.45, 7) is 0. The molecule has 2 N–H and O–H groups in total. The number of nitrogens with zero attached hydrogens (tertiary/aromatic N) is 1. The van der Waals surface area contributed by atoms with E-state index in [1.54, 1.807) is 0 Å². The van der Waals surface area contributed by atoms with E-state index in [0.29, 0.717) is 0 Å². The SMILES string of the molecule is O=S(=O)(Nc1nc2ccc(C(F)(F)F)cc2[nH]1)c1ccc(Cl)c(F)c1. The highest BCUT2D eigenvalue weighted by Crippen LogP contribution is 2.31. The minimum absolute atomic E-state index is 0.00480. The summed E-state index contributed by atoms with van der Waals surface area (Å²) in [4.78, 5) is 5.88. The third kappa shape index (κ3) is 3.54. The minimum Gasteiger partial charge on any atom is -0.323 e. The first-order valence-corrected chi connectivity index (χ1v) is 8.47. The molecule has 0 aliphatic carbocycles. The molecule has 3 rings (SSSR count). The van der Waals surface area contributed by atoms with Crippen LogP contribution in [0.3, 0.4) is 0 Å². The molecule has 0 aliphatic rings. The monoisotopic (exact) mass is 393 g/mol. The molecule has 0 saturated carbocycles. The number of aromatic amines is 1. The van der Waals surface area contributed by atoms with Crippen molar-refractivity contribution in [2.75, 3.05) is 4.72 Å². The lowest BCUT2D eigenvalue weighted by Crippen LogP contribution is -2.14. The zero-order chi connectivity index (χ0) is 18.4. The summed E-state index contributed by atoms with van der Waals surface area (Å²) in [5, 5.41) is -0.248. The van der Waals surface area contributed by atoms with Crippen molar-refractivity contribution in [2.45, 2.75) is 11.1 Å². The molecule has 1 heterocycles. The molecule has 1 aromatic heterocycles. The van der Waals surface area contributed by atoms with E-state index >= 15 is 0 Å². The lowest BCUT2D eigenvalue weighted by molar-refractivity contribution is -0.137. The summed E-state index contributed by atoms with van der Waals surface area (Å²) < 4.78 is 78.0. The average molecular weight is 394 g/mol. The van der Waals surface area contributed by atoms with Gasteiger partial charge < -0.3 is 4.98 Å². The van der Waals surface area contributed by atoms with Crippen LogP contribution in [0.4, 0.5) is 23.5 Å². The fourth-order valence-corrected chi connectivity index (χ4v) is 3.16. The second-order valence-corrected chi connectivity index (χ2v) is 7.09. The van der Waals surface area contributed by atoms with Crippen molar-refractivity contribution in [1.82, 2.24) is 9.97 Å². The van der Waals surface area contributed by atoms with Gasteiger partial charge in [0, 0.05) is 0 Å². The lowest BCUT2D eigenvalue weighted by Gasteiger charge is -2.05. The highest BCUT2D eigenvalue weighted by molar-refractivity contribution is 7.92. The Morgan fingerprint density at radius 3 is 2.48 bits per heavy atom. The predicted octanol–water partition coefficient (Wildman–Crippen LogP) is 4.18. The molecule has 0 saturated heterocycles. The highest BCUT2D eigenvalue weighted by Gasteiger charge is 2.30. The van der Waals surface area contributed by atoms with Crippen molar-refractivity contribution in [3.8, 4) is 0 Å². The standard InChI is InChI=1S/C14H8ClF4N3O2S/c15-9-3-2-8(6-10(9)16)25(23,24)22-13-20-11-4-1-7(14(17,18)19)5-12(11)21-13/h1-6H,(H2,20,21,22). The number of nitrogens with one attached hydrogen (secondary N) is 2. The van der Waals surface area contributed by atoms with Crippen LogP contribution in [-0.2, 0) is 16.2 Å². The van der Waals surface area contributed by atoms with Gasteiger partial charge in [-0.3, -0.25) is 0 Å². The fraction of sp³-hybridized carbons (Fsp3) is 0.0714. The summed E-state index contributed by atoms with van der Waals surface area (Å²) in [7, 11) is -4.20. The Morgan fingerprint density at radius 2 is 1.84 bits per heavy atom. The molecule has 3 aromatic rings. The molecule has 0 fully saturated rings. The summed E-state index contributed by atoms with van der Waals surface area (Å²) >= 11 is 5.50. The van der Waals surface area contributed by atoms with Crippen LogP contribution in [-0.4, -0.2) is 18.4 Å². The maximum Gasteiger partial charge on any atom is 0.416 e. The number of alkyl halides is 3. The smallest absolute Gasteiger partial charge is 0.323 e. The molecular weight excluding hydrogens is 386 g/mol. The van der Waals surface area contributed by atoms with Gasteiger partial charge in [-0.15, -0.1) is 0 Å². The molecule has 0 aliphatic heterocycles. The molecule has 0 amide bonds. The summed E-state index contributed by atoms with van der Waals surface area (Å²) in [6, 6.07) is 5.61. The van der Waals surface area contributed by atoms with Crippen molar-refractivity contribution in [3.05, 3.63) is 52.8 Å². The molecule has 0 radical (unpaired) electrons. The van der Waals surface area contributed by atoms with Gasteiger partial charge in [0.05, 0.1) is 26.5 Å². The Morgan fingerprint density at radius 1 is 1.12 bits per heavy atom. The van der Waals surface area contributed by atoms with Crippen molar-refractivity contribution in [1.29, 1.82) is 0 Å². The van der Waals surface area contributed by atoms with E-state index in [4.69, 9.17) is 11.6 Å². The number of fused-ring (bicyclic) bond motifs is 1. The van der Waals surface area contributed by atoms with Crippen molar-refractivity contribution < 1.29 is 26.0 Å². The first kappa shape index (κ1) is 17.5. The first-order chi connectivity index (χ1) is 11.6. The second-order valence-electron chi connectivity index (χ2n) is 5.00. The van der Waals surface area contributed by atoms with Crippen LogP contribution in [0.25, 0.3) is 11.0 Å². The van der Waals surface area contributed by atoms with Gasteiger partial charge in [0.25, 0.3) is 10.0 Å². The first-order valence-electron chi connectivity index (χ1n) is 6.61. The van der Waals surface area contributed by atoms with Gasteiger partial charge in [-0.25, -0.2) is 22.5 Å². The molecule has 25 heavy (non-hydrogen) atoms. The van der Waals surface area contributed by atoms with E-state index < -0.39 is 32.5 Å². The molecule has 5 nitrogen and oxygen atoms in total. The topological polar surface area (TPSA) is 74.8 Å². The van der Waals surface area contributed by atoms with Gasteiger partial charge in [0.2, 0.25) is 5.95 Å². The Kier molecular flexibility index (Phi) is 4.12. The Hall–Kier alpha value is -2.33. The van der Waals surface area contributed by atoms with E-state index in [2.05, 4.69) is 9.97 Å².